The Balaban J connectivity index is 1.98. The van der Waals surface area contributed by atoms with E-state index in [1.165, 1.54) is 17.2 Å². The second-order valence-electron chi connectivity index (χ2n) is 16.9. The Labute approximate surface area is 366 Å². The zero-order valence-corrected chi connectivity index (χ0v) is 38.4. The summed E-state index contributed by atoms with van der Waals surface area (Å²) in [5, 5.41) is 31.5. The van der Waals surface area contributed by atoms with Crippen molar-refractivity contribution in [3.63, 3.8) is 0 Å². The van der Waals surface area contributed by atoms with Crippen LogP contribution in [0, 0.1) is 17.8 Å². The number of phenols is 1. The van der Waals surface area contributed by atoms with Gasteiger partial charge in [-0.25, -0.2) is 14.8 Å². The molecule has 1 aliphatic heterocycles. The maximum Gasteiger partial charge on any atom is 0.407 e. The first-order valence-corrected chi connectivity index (χ1v) is 23.2. The van der Waals surface area contributed by atoms with Crippen LogP contribution in [-0.2, 0) is 30.4 Å². The highest BCUT2D eigenvalue weighted by molar-refractivity contribution is 7.09. The summed E-state index contributed by atoms with van der Waals surface area (Å²) >= 11 is 1.14. The minimum absolute atomic E-state index is 0.0645. The molecule has 0 aliphatic carbocycles. The molecule has 2 aromatic rings. The van der Waals surface area contributed by atoms with Crippen LogP contribution < -0.4 is 16.0 Å². The first-order valence-electron chi connectivity index (χ1n) is 22.3. The average molecular weight is 873 g/mol. The molecule has 16 heteroatoms. The van der Waals surface area contributed by atoms with E-state index in [0.29, 0.717) is 37.2 Å². The molecule has 1 saturated heterocycles. The number of alkyl carbamates (subject to hydrolysis) is 1. The lowest BCUT2D eigenvalue weighted by molar-refractivity contribution is -0.212. The number of aromatic hydroxyl groups is 1. The van der Waals surface area contributed by atoms with Gasteiger partial charge in [-0.15, -0.1) is 11.3 Å². The van der Waals surface area contributed by atoms with Crippen molar-refractivity contribution in [2.24, 2.45) is 17.8 Å². The summed E-state index contributed by atoms with van der Waals surface area (Å²) in [7, 11) is 1.94. The molecule has 0 spiro atoms. The van der Waals surface area contributed by atoms with E-state index >= 15 is 0 Å². The van der Waals surface area contributed by atoms with Gasteiger partial charge < -0.3 is 30.9 Å². The third kappa shape index (κ3) is 16.5. The lowest BCUT2D eigenvalue weighted by atomic mass is 9.93. The number of carbonyl (C=O) groups excluding carboxylic acids is 4. The van der Waals surface area contributed by atoms with E-state index in [4.69, 9.17) is 9.57 Å². The number of hydrogen-bond donors (Lipinski definition) is 5. The van der Waals surface area contributed by atoms with Gasteiger partial charge in [0.05, 0.1) is 24.6 Å². The Morgan fingerprint density at radius 1 is 0.967 bits per heavy atom. The van der Waals surface area contributed by atoms with Crippen molar-refractivity contribution in [3.05, 3.63) is 45.9 Å². The molecule has 1 aromatic carbocycles. The van der Waals surface area contributed by atoms with Crippen LogP contribution in [0.3, 0.4) is 0 Å². The number of nitrogens with zero attached hydrogens (tertiary/aromatic N) is 3. The van der Waals surface area contributed by atoms with Gasteiger partial charge in [-0.05, 0) is 81.6 Å². The SMILES string of the molecule is CCCCCCON(C(=O)C(NC(=O)[C@H]1CCCCN1C)C(C)CC)C(CC(OC(=O)NCCC)c1nc(C(=O)NC(Cc2ccc(O)cc2)CC(C)C(=O)O)cs1)C(C)C. The van der Waals surface area contributed by atoms with Gasteiger partial charge in [0.2, 0.25) is 5.91 Å². The molecule has 342 valence electrons. The fourth-order valence-corrected chi connectivity index (χ4v) is 8.22. The number of aliphatic carboxylic acids is 1. The predicted molar refractivity (Wildman–Crippen MR) is 236 cm³/mol. The molecule has 4 amide bonds. The van der Waals surface area contributed by atoms with Crippen LogP contribution in [0.1, 0.15) is 146 Å². The molecule has 2 heterocycles. The maximum atomic E-state index is 14.9. The van der Waals surface area contributed by atoms with Crippen molar-refractivity contribution in [1.82, 2.24) is 30.9 Å². The van der Waals surface area contributed by atoms with Crippen molar-refractivity contribution in [3.8, 4) is 5.75 Å². The molecule has 3 rings (SSSR count). The fourth-order valence-electron chi connectivity index (χ4n) is 7.38. The number of phenolic OH excluding ortho intramolecular Hbond substituents is 1. The van der Waals surface area contributed by atoms with Crippen LogP contribution in [0.5, 0.6) is 5.75 Å². The zero-order valence-electron chi connectivity index (χ0n) is 37.6. The number of likely N-dealkylation sites (tertiary alicyclic amines) is 1. The Morgan fingerprint density at radius 3 is 2.31 bits per heavy atom. The molecular formula is C45H72N6O9S. The van der Waals surface area contributed by atoms with Gasteiger partial charge in [0.25, 0.3) is 11.8 Å². The number of likely N-dealkylation sites (N-methyl/N-ethyl adjacent to an activating group) is 1. The number of amides is 4. The monoisotopic (exact) mass is 873 g/mol. The first kappa shape index (κ1) is 51.1. The predicted octanol–water partition coefficient (Wildman–Crippen LogP) is 7.25. The van der Waals surface area contributed by atoms with E-state index in [1.54, 1.807) is 24.4 Å². The molecule has 7 atom stereocenters. The van der Waals surface area contributed by atoms with Crippen LogP contribution in [0.15, 0.2) is 29.6 Å². The quantitative estimate of drug-likeness (QED) is 0.0471. The van der Waals surface area contributed by atoms with Crippen molar-refractivity contribution >= 4 is 41.1 Å². The number of piperidine rings is 1. The number of hydroxylamine groups is 2. The highest BCUT2D eigenvalue weighted by Crippen LogP contribution is 2.32. The number of benzene rings is 1. The third-order valence-corrected chi connectivity index (χ3v) is 12.4. The molecule has 15 nitrogen and oxygen atoms in total. The molecule has 61 heavy (non-hydrogen) atoms. The van der Waals surface area contributed by atoms with Crippen LogP contribution in [0.4, 0.5) is 4.79 Å². The molecule has 1 aliphatic rings. The molecule has 6 unspecified atom stereocenters. The summed E-state index contributed by atoms with van der Waals surface area (Å²) in [5.41, 5.74) is 0.865. The molecule has 1 aromatic heterocycles. The first-order chi connectivity index (χ1) is 29.1. The number of aromatic nitrogens is 1. The van der Waals surface area contributed by atoms with Crippen molar-refractivity contribution in [1.29, 1.82) is 0 Å². The Bertz CT molecular complexity index is 1670. The van der Waals surface area contributed by atoms with Gasteiger partial charge in [0.1, 0.15) is 22.5 Å². The van der Waals surface area contributed by atoms with Crippen molar-refractivity contribution < 1.29 is 43.8 Å². The molecule has 1 fully saturated rings. The Kier molecular flexibility index (Phi) is 22.0. The van der Waals surface area contributed by atoms with Gasteiger partial charge in [-0.2, -0.15) is 0 Å². The van der Waals surface area contributed by atoms with Crippen LogP contribution >= 0.6 is 11.3 Å². The van der Waals surface area contributed by atoms with Gasteiger partial charge in [-0.3, -0.25) is 28.9 Å². The number of unbranched alkanes of at least 4 members (excludes halogenated alkanes) is 3. The van der Waals surface area contributed by atoms with E-state index in [9.17, 15) is 34.2 Å². The minimum atomic E-state index is -0.998. The normalized spacial score (nSPS) is 17.4. The average Bonchev–Trinajstić information content (AvgIpc) is 3.73. The van der Waals surface area contributed by atoms with Gasteiger partial charge >= 0.3 is 12.1 Å². The van der Waals surface area contributed by atoms with E-state index in [1.807, 2.05) is 46.6 Å². The summed E-state index contributed by atoms with van der Waals surface area (Å²) in [4.78, 5) is 80.6. The van der Waals surface area contributed by atoms with Gasteiger partial charge in [-0.1, -0.05) is 92.7 Å². The van der Waals surface area contributed by atoms with Crippen molar-refractivity contribution in [2.45, 2.75) is 156 Å². The Morgan fingerprint density at radius 2 is 1.69 bits per heavy atom. The maximum absolute atomic E-state index is 14.9. The molecular weight excluding hydrogens is 801 g/mol. The van der Waals surface area contributed by atoms with E-state index in [0.717, 1.165) is 62.0 Å². The second-order valence-corrected chi connectivity index (χ2v) is 17.8. The van der Waals surface area contributed by atoms with E-state index < -0.39 is 48.1 Å². The van der Waals surface area contributed by atoms with Crippen LogP contribution in [0.2, 0.25) is 0 Å². The lowest BCUT2D eigenvalue weighted by Crippen LogP contribution is -2.58. The minimum Gasteiger partial charge on any atom is -0.508 e. The van der Waals surface area contributed by atoms with Crippen LogP contribution in [-0.4, -0.2) is 106 Å². The topological polar surface area (TPSA) is 200 Å². The lowest BCUT2D eigenvalue weighted by Gasteiger charge is -2.39. The smallest absolute Gasteiger partial charge is 0.407 e. The number of ether oxygens (including phenoxy) is 1. The number of rotatable bonds is 26. The summed E-state index contributed by atoms with van der Waals surface area (Å²) in [5.74, 6) is -3.16. The largest absolute Gasteiger partial charge is 0.508 e. The molecule has 5 N–H and O–H groups in total. The second kappa shape index (κ2) is 26.3. The fraction of sp³-hybridized carbons (Fsp3) is 0.689. The number of carboxylic acids is 1. The summed E-state index contributed by atoms with van der Waals surface area (Å²) in [6.07, 6.45) is 6.53. The molecule has 0 radical (unpaired) electrons. The molecule has 0 saturated carbocycles. The van der Waals surface area contributed by atoms with Crippen molar-refractivity contribution in [2.75, 3.05) is 26.7 Å². The number of hydrogen-bond acceptors (Lipinski definition) is 11. The number of carbonyl (C=O) groups is 5. The van der Waals surface area contributed by atoms with E-state index in [2.05, 4.69) is 27.9 Å². The van der Waals surface area contributed by atoms with Gasteiger partial charge in [0.15, 0.2) is 6.10 Å². The zero-order chi connectivity index (χ0) is 45.1. The van der Waals surface area contributed by atoms with E-state index in [-0.39, 0.29) is 60.6 Å². The third-order valence-electron chi connectivity index (χ3n) is 11.4. The highest BCUT2D eigenvalue weighted by atomic mass is 32.1. The van der Waals surface area contributed by atoms with Gasteiger partial charge in [0, 0.05) is 24.4 Å². The Hall–Kier alpha value is -4.28. The molecule has 0 bridgehead atoms. The van der Waals surface area contributed by atoms with Crippen LogP contribution in [0.25, 0.3) is 0 Å². The number of carboxylic acid groups (broad SMARTS) is 1. The number of thiazole rings is 1. The highest BCUT2D eigenvalue weighted by Gasteiger charge is 2.40. The standard InChI is InChI=1S/C45H72N6O9S/c1-9-12-13-16-24-59-51(43(55)39(30(6)11-3)49-41(54)36-17-14-15-23-50(36)8)37(29(4)5)27-38(60-45(58)46-22-10-2)42-48-35(28-61-42)40(53)47-33(25-31(7)44(56)57)26-32-18-20-34(52)21-19-32/h18-21,28-31,33,36-39,52H,9-17,22-27H2,1-8H3,(H,46,58)(H,47,53)(H,49,54)(H,56,57)/t30?,31?,33?,36-,37?,38?,39?/m1/s1. The summed E-state index contributed by atoms with van der Waals surface area (Å²) < 4.78 is 6.05. The summed E-state index contributed by atoms with van der Waals surface area (Å²) in [6, 6.07) is 4.08. The number of nitrogens with one attached hydrogen (secondary N) is 3. The summed E-state index contributed by atoms with van der Waals surface area (Å²) in [6.45, 7) is 14.9.